The molecule has 106 valence electrons. The van der Waals surface area contributed by atoms with Crippen molar-refractivity contribution in [1.82, 2.24) is 4.31 Å². The number of amides is 1. The molecule has 1 amide bonds. The van der Waals surface area contributed by atoms with Crippen LogP contribution in [0.5, 0.6) is 0 Å². The summed E-state index contributed by atoms with van der Waals surface area (Å²) in [6.45, 7) is 3.38. The lowest BCUT2D eigenvalue weighted by Crippen LogP contribution is -2.33. The van der Waals surface area contributed by atoms with Crippen LogP contribution < -0.4 is 5.73 Å². The molecule has 0 atom stereocenters. The fourth-order valence-corrected chi connectivity index (χ4v) is 3.55. The SMILES string of the molecule is CC(C)(C#N)CCN1C(=O)c2ccc(N)cc2S1(=O)=O. The summed E-state index contributed by atoms with van der Waals surface area (Å²) >= 11 is 0. The van der Waals surface area contributed by atoms with Crippen LogP contribution in [-0.2, 0) is 10.0 Å². The zero-order valence-electron chi connectivity index (χ0n) is 11.3. The van der Waals surface area contributed by atoms with Crippen LogP contribution in [0.25, 0.3) is 0 Å². The predicted octanol–water partition coefficient (Wildman–Crippen LogP) is 1.35. The van der Waals surface area contributed by atoms with Crippen molar-refractivity contribution in [3.63, 3.8) is 0 Å². The van der Waals surface area contributed by atoms with Gasteiger partial charge in [-0.2, -0.15) is 5.26 Å². The second-order valence-electron chi connectivity index (χ2n) is 5.38. The van der Waals surface area contributed by atoms with Gasteiger partial charge >= 0.3 is 0 Å². The van der Waals surface area contributed by atoms with E-state index in [9.17, 15) is 13.2 Å². The molecule has 0 saturated heterocycles. The van der Waals surface area contributed by atoms with Gasteiger partial charge in [0.05, 0.1) is 17.0 Å². The first-order valence-electron chi connectivity index (χ1n) is 6.07. The third-order valence-corrected chi connectivity index (χ3v) is 5.10. The van der Waals surface area contributed by atoms with E-state index < -0.39 is 21.3 Å². The number of rotatable bonds is 3. The van der Waals surface area contributed by atoms with Crippen molar-refractivity contribution in [2.24, 2.45) is 5.41 Å². The summed E-state index contributed by atoms with van der Waals surface area (Å²) in [5, 5.41) is 8.95. The lowest BCUT2D eigenvalue weighted by atomic mass is 9.91. The third-order valence-electron chi connectivity index (χ3n) is 3.27. The molecule has 1 heterocycles. The number of anilines is 1. The Kier molecular flexibility index (Phi) is 3.22. The van der Waals surface area contributed by atoms with Gasteiger partial charge < -0.3 is 5.73 Å². The molecule has 1 aromatic carbocycles. The molecule has 0 spiro atoms. The summed E-state index contributed by atoms with van der Waals surface area (Å²) in [6.07, 6.45) is 0.276. The van der Waals surface area contributed by atoms with Crippen LogP contribution in [0.1, 0.15) is 30.6 Å². The number of sulfonamides is 1. The molecule has 1 aliphatic rings. The molecule has 2 N–H and O–H groups in total. The van der Waals surface area contributed by atoms with Crippen LogP contribution in [0.4, 0.5) is 5.69 Å². The second-order valence-corrected chi connectivity index (χ2v) is 7.21. The highest BCUT2D eigenvalue weighted by atomic mass is 32.2. The van der Waals surface area contributed by atoms with E-state index >= 15 is 0 Å². The Bertz CT molecular complexity index is 717. The third kappa shape index (κ3) is 2.23. The Hall–Kier alpha value is -2.07. The smallest absolute Gasteiger partial charge is 0.269 e. The first-order valence-corrected chi connectivity index (χ1v) is 7.51. The molecular formula is C13H15N3O3S. The number of fused-ring (bicyclic) bond motifs is 1. The van der Waals surface area contributed by atoms with Crippen LogP contribution in [0.15, 0.2) is 23.1 Å². The number of hydrogen-bond donors (Lipinski definition) is 1. The van der Waals surface area contributed by atoms with Gasteiger partial charge in [0.2, 0.25) is 0 Å². The van der Waals surface area contributed by atoms with Crippen molar-refractivity contribution in [1.29, 1.82) is 5.26 Å². The van der Waals surface area contributed by atoms with Crippen molar-refractivity contribution in [2.75, 3.05) is 12.3 Å². The molecule has 0 aromatic heterocycles. The van der Waals surface area contributed by atoms with Crippen molar-refractivity contribution >= 4 is 21.6 Å². The van der Waals surface area contributed by atoms with Gasteiger partial charge in [-0.1, -0.05) is 0 Å². The Morgan fingerprint density at radius 3 is 2.65 bits per heavy atom. The minimum Gasteiger partial charge on any atom is -0.399 e. The molecule has 7 heteroatoms. The van der Waals surface area contributed by atoms with E-state index in [1.807, 2.05) is 0 Å². The van der Waals surface area contributed by atoms with E-state index in [2.05, 4.69) is 6.07 Å². The largest absolute Gasteiger partial charge is 0.399 e. The van der Waals surface area contributed by atoms with Gasteiger partial charge in [-0.15, -0.1) is 0 Å². The fraction of sp³-hybridized carbons (Fsp3) is 0.385. The summed E-state index contributed by atoms with van der Waals surface area (Å²) in [5.41, 5.74) is 5.30. The molecule has 0 fully saturated rings. The fourth-order valence-electron chi connectivity index (χ4n) is 1.95. The highest BCUT2D eigenvalue weighted by Crippen LogP contribution is 2.33. The number of hydrogen-bond acceptors (Lipinski definition) is 5. The molecule has 0 saturated carbocycles. The van der Waals surface area contributed by atoms with Crippen molar-refractivity contribution in [3.8, 4) is 6.07 Å². The first-order chi connectivity index (χ1) is 9.19. The minimum atomic E-state index is -3.85. The molecule has 1 aliphatic heterocycles. The quantitative estimate of drug-likeness (QED) is 0.847. The number of carbonyl (C=O) groups is 1. The Labute approximate surface area is 117 Å². The second kappa shape index (κ2) is 4.49. The number of nitrogen functional groups attached to an aromatic ring is 1. The molecule has 0 bridgehead atoms. The van der Waals surface area contributed by atoms with Gasteiger partial charge in [-0.05, 0) is 38.5 Å². The topological polar surface area (TPSA) is 104 Å². The zero-order valence-corrected chi connectivity index (χ0v) is 12.1. The van der Waals surface area contributed by atoms with Crippen LogP contribution in [-0.4, -0.2) is 25.2 Å². The highest BCUT2D eigenvalue weighted by Gasteiger charge is 2.41. The normalized spacial score (nSPS) is 16.9. The maximum Gasteiger partial charge on any atom is 0.269 e. The Morgan fingerprint density at radius 2 is 2.05 bits per heavy atom. The van der Waals surface area contributed by atoms with Crippen LogP contribution >= 0.6 is 0 Å². The standard InChI is InChI=1S/C13H15N3O3S/c1-13(2,8-14)5-6-16-12(17)10-4-3-9(15)7-11(10)20(16,18)19/h3-4,7H,5-6,15H2,1-2H3. The van der Waals surface area contributed by atoms with E-state index in [0.29, 0.717) is 5.69 Å². The Balaban J connectivity index is 2.36. The Morgan fingerprint density at radius 1 is 1.40 bits per heavy atom. The van der Waals surface area contributed by atoms with Crippen molar-refractivity contribution in [2.45, 2.75) is 25.2 Å². The highest BCUT2D eigenvalue weighted by molar-refractivity contribution is 7.90. The number of nitrogens with two attached hydrogens (primary N) is 1. The van der Waals surface area contributed by atoms with Crippen LogP contribution in [0.3, 0.4) is 0 Å². The molecule has 0 unspecified atom stereocenters. The number of carbonyl (C=O) groups excluding carboxylic acids is 1. The van der Waals surface area contributed by atoms with Crippen molar-refractivity contribution in [3.05, 3.63) is 23.8 Å². The summed E-state index contributed by atoms with van der Waals surface area (Å²) in [5.74, 6) is -0.561. The summed E-state index contributed by atoms with van der Waals surface area (Å²) in [4.78, 5) is 12.1. The number of benzene rings is 1. The molecule has 1 aromatic rings. The summed E-state index contributed by atoms with van der Waals surface area (Å²) in [6, 6.07) is 6.29. The van der Waals surface area contributed by atoms with Gasteiger partial charge in [-0.3, -0.25) is 4.79 Å². The summed E-state index contributed by atoms with van der Waals surface area (Å²) < 4.78 is 25.5. The molecule has 20 heavy (non-hydrogen) atoms. The maximum atomic E-state index is 12.3. The lowest BCUT2D eigenvalue weighted by Gasteiger charge is -2.20. The lowest BCUT2D eigenvalue weighted by molar-refractivity contribution is 0.0864. The average molecular weight is 293 g/mol. The van der Waals surface area contributed by atoms with Gasteiger partial charge in [0.25, 0.3) is 15.9 Å². The van der Waals surface area contributed by atoms with Crippen molar-refractivity contribution < 1.29 is 13.2 Å². The number of nitriles is 1. The van der Waals surface area contributed by atoms with E-state index in [1.165, 1.54) is 18.2 Å². The van der Waals surface area contributed by atoms with Crippen LogP contribution in [0.2, 0.25) is 0 Å². The van der Waals surface area contributed by atoms with Crippen LogP contribution in [0, 0.1) is 16.7 Å². The minimum absolute atomic E-state index is 0.0175. The van der Waals surface area contributed by atoms with Gasteiger partial charge in [-0.25, -0.2) is 12.7 Å². The predicted molar refractivity (Wildman–Crippen MR) is 73.1 cm³/mol. The zero-order chi connectivity index (χ0) is 15.1. The summed E-state index contributed by atoms with van der Waals surface area (Å²) in [7, 11) is -3.85. The first kappa shape index (κ1) is 14.3. The van der Waals surface area contributed by atoms with E-state index in [-0.39, 0.29) is 23.4 Å². The molecule has 6 nitrogen and oxygen atoms in total. The molecular weight excluding hydrogens is 278 g/mol. The van der Waals surface area contributed by atoms with E-state index in [1.54, 1.807) is 13.8 Å². The van der Waals surface area contributed by atoms with Gasteiger partial charge in [0, 0.05) is 12.2 Å². The average Bonchev–Trinajstić information content (AvgIpc) is 2.55. The van der Waals surface area contributed by atoms with Gasteiger partial charge in [0.1, 0.15) is 4.90 Å². The molecule has 0 aliphatic carbocycles. The van der Waals surface area contributed by atoms with Gasteiger partial charge in [0.15, 0.2) is 0 Å². The number of nitrogens with zero attached hydrogens (tertiary/aromatic N) is 2. The molecule has 2 rings (SSSR count). The maximum absolute atomic E-state index is 12.3. The molecule has 0 radical (unpaired) electrons. The van der Waals surface area contributed by atoms with E-state index in [0.717, 1.165) is 4.31 Å². The monoisotopic (exact) mass is 293 g/mol. The van der Waals surface area contributed by atoms with E-state index in [4.69, 9.17) is 11.0 Å².